The fourth-order valence-electron chi connectivity index (χ4n) is 2.59. The third-order valence-corrected chi connectivity index (χ3v) is 4.78. The molecule has 0 saturated carbocycles. The molecule has 0 bridgehead atoms. The summed E-state index contributed by atoms with van der Waals surface area (Å²) in [5.41, 5.74) is 10.9. The van der Waals surface area contributed by atoms with Gasteiger partial charge < -0.3 is 10.3 Å². The van der Waals surface area contributed by atoms with Crippen molar-refractivity contribution < 1.29 is 0 Å². The second-order valence-corrected chi connectivity index (χ2v) is 6.25. The molecule has 0 amide bonds. The van der Waals surface area contributed by atoms with Gasteiger partial charge in [0, 0.05) is 24.0 Å². The molecule has 0 aliphatic heterocycles. The van der Waals surface area contributed by atoms with Crippen LogP contribution in [0.25, 0.3) is 11.0 Å². The molecular formula is C17H18BrN3. The summed E-state index contributed by atoms with van der Waals surface area (Å²) in [6.07, 6.45) is 0.728. The van der Waals surface area contributed by atoms with E-state index in [1.807, 2.05) is 25.2 Å². The number of halogens is 1. The van der Waals surface area contributed by atoms with Crippen LogP contribution in [0.5, 0.6) is 0 Å². The van der Waals surface area contributed by atoms with Gasteiger partial charge in [-0.05, 0) is 36.2 Å². The maximum absolute atomic E-state index is 6.37. The minimum Gasteiger partial charge on any atom is -0.331 e. The number of imidazole rings is 1. The normalized spacial score (nSPS) is 12.8. The molecule has 1 heterocycles. The number of benzene rings is 2. The molecular weight excluding hydrogens is 326 g/mol. The lowest BCUT2D eigenvalue weighted by Gasteiger charge is -2.13. The first-order chi connectivity index (χ1) is 10.1. The van der Waals surface area contributed by atoms with Crippen LogP contribution in [0.4, 0.5) is 0 Å². The standard InChI is InChI=1S/C17H18BrN3/c1-11-9-12(7-8-13(11)18)14(19)10-17-20-15-5-3-4-6-16(15)21(17)2/h3-9,14H,10,19H2,1-2H3. The van der Waals surface area contributed by atoms with Gasteiger partial charge in [0.05, 0.1) is 11.0 Å². The zero-order valence-corrected chi connectivity index (χ0v) is 13.8. The molecule has 1 aromatic heterocycles. The summed E-state index contributed by atoms with van der Waals surface area (Å²) in [6, 6.07) is 14.4. The lowest BCUT2D eigenvalue weighted by atomic mass is 10.0. The lowest BCUT2D eigenvalue weighted by Crippen LogP contribution is -2.16. The van der Waals surface area contributed by atoms with Crippen molar-refractivity contribution in [1.29, 1.82) is 0 Å². The third kappa shape index (κ3) is 2.74. The number of hydrogen-bond donors (Lipinski definition) is 1. The largest absolute Gasteiger partial charge is 0.331 e. The highest BCUT2D eigenvalue weighted by atomic mass is 79.9. The number of rotatable bonds is 3. The molecule has 2 N–H and O–H groups in total. The monoisotopic (exact) mass is 343 g/mol. The van der Waals surface area contributed by atoms with Crippen LogP contribution in [0.3, 0.4) is 0 Å². The highest BCUT2D eigenvalue weighted by Crippen LogP contribution is 2.23. The molecule has 0 aliphatic rings. The van der Waals surface area contributed by atoms with Crippen molar-refractivity contribution in [2.24, 2.45) is 12.8 Å². The number of aryl methyl sites for hydroxylation is 2. The highest BCUT2D eigenvalue weighted by molar-refractivity contribution is 9.10. The van der Waals surface area contributed by atoms with Crippen molar-refractivity contribution in [2.45, 2.75) is 19.4 Å². The van der Waals surface area contributed by atoms with Gasteiger partial charge in [-0.2, -0.15) is 0 Å². The van der Waals surface area contributed by atoms with Crippen LogP contribution in [0, 0.1) is 6.92 Å². The Hall–Kier alpha value is -1.65. The molecule has 3 aromatic rings. The average molecular weight is 344 g/mol. The van der Waals surface area contributed by atoms with Crippen LogP contribution in [-0.4, -0.2) is 9.55 Å². The Kier molecular flexibility index (Phi) is 3.83. The Bertz CT molecular complexity index is 792. The smallest absolute Gasteiger partial charge is 0.111 e. The second-order valence-electron chi connectivity index (χ2n) is 5.40. The average Bonchev–Trinajstić information content (AvgIpc) is 2.79. The molecule has 0 radical (unpaired) electrons. The van der Waals surface area contributed by atoms with Crippen molar-refractivity contribution in [2.75, 3.05) is 0 Å². The second kappa shape index (κ2) is 5.62. The van der Waals surface area contributed by atoms with Gasteiger partial charge >= 0.3 is 0 Å². The number of para-hydroxylation sites is 2. The van der Waals surface area contributed by atoms with Gasteiger partial charge in [-0.25, -0.2) is 4.98 Å². The molecule has 0 aliphatic carbocycles. The van der Waals surface area contributed by atoms with Crippen molar-refractivity contribution in [3.05, 3.63) is 63.9 Å². The van der Waals surface area contributed by atoms with Crippen LogP contribution in [-0.2, 0) is 13.5 Å². The Morgan fingerprint density at radius 2 is 2.00 bits per heavy atom. The number of nitrogens with zero attached hydrogens (tertiary/aromatic N) is 2. The van der Waals surface area contributed by atoms with E-state index in [1.165, 1.54) is 5.56 Å². The van der Waals surface area contributed by atoms with Gasteiger partial charge in [-0.3, -0.25) is 0 Å². The van der Waals surface area contributed by atoms with E-state index in [0.29, 0.717) is 0 Å². The first-order valence-electron chi connectivity index (χ1n) is 6.98. The van der Waals surface area contributed by atoms with Gasteiger partial charge in [0.1, 0.15) is 5.82 Å². The van der Waals surface area contributed by atoms with Crippen LogP contribution in [0.15, 0.2) is 46.9 Å². The summed E-state index contributed by atoms with van der Waals surface area (Å²) >= 11 is 3.52. The number of aromatic nitrogens is 2. The van der Waals surface area contributed by atoms with Crippen molar-refractivity contribution >= 4 is 27.0 Å². The minimum absolute atomic E-state index is 0.0488. The minimum atomic E-state index is -0.0488. The molecule has 0 saturated heterocycles. The van der Waals surface area contributed by atoms with E-state index in [9.17, 15) is 0 Å². The summed E-state index contributed by atoms with van der Waals surface area (Å²) in [6.45, 7) is 2.08. The van der Waals surface area contributed by atoms with Gasteiger partial charge in [-0.15, -0.1) is 0 Å². The van der Waals surface area contributed by atoms with Crippen LogP contribution in [0.1, 0.15) is 23.0 Å². The Morgan fingerprint density at radius 1 is 1.24 bits per heavy atom. The molecule has 3 nitrogen and oxygen atoms in total. The quantitative estimate of drug-likeness (QED) is 0.783. The van der Waals surface area contributed by atoms with Crippen molar-refractivity contribution in [3.8, 4) is 0 Å². The molecule has 0 spiro atoms. The Morgan fingerprint density at radius 3 is 2.71 bits per heavy atom. The number of hydrogen-bond acceptors (Lipinski definition) is 2. The summed E-state index contributed by atoms with van der Waals surface area (Å²) in [4.78, 5) is 4.69. The summed E-state index contributed by atoms with van der Waals surface area (Å²) in [5, 5.41) is 0. The molecule has 4 heteroatoms. The summed E-state index contributed by atoms with van der Waals surface area (Å²) < 4.78 is 3.24. The molecule has 1 unspecified atom stereocenters. The molecule has 1 atom stereocenters. The van der Waals surface area contributed by atoms with Crippen molar-refractivity contribution in [1.82, 2.24) is 9.55 Å². The SMILES string of the molecule is Cc1cc(C(N)Cc2nc3ccccc3n2C)ccc1Br. The molecule has 21 heavy (non-hydrogen) atoms. The fourth-order valence-corrected chi connectivity index (χ4v) is 2.84. The highest BCUT2D eigenvalue weighted by Gasteiger charge is 2.13. The predicted octanol–water partition coefficient (Wildman–Crippen LogP) is 3.89. The molecule has 108 valence electrons. The Balaban J connectivity index is 1.90. The summed E-state index contributed by atoms with van der Waals surface area (Å²) in [7, 11) is 2.05. The first kappa shape index (κ1) is 14.3. The predicted molar refractivity (Wildman–Crippen MR) is 90.2 cm³/mol. The topological polar surface area (TPSA) is 43.8 Å². The van der Waals surface area contributed by atoms with Crippen LogP contribution >= 0.6 is 15.9 Å². The number of nitrogens with two attached hydrogens (primary N) is 1. The number of fused-ring (bicyclic) bond motifs is 1. The molecule has 3 rings (SSSR count). The summed E-state index contributed by atoms with van der Waals surface area (Å²) in [5.74, 6) is 1.02. The third-order valence-electron chi connectivity index (χ3n) is 3.89. The van der Waals surface area contributed by atoms with E-state index >= 15 is 0 Å². The Labute approximate surface area is 132 Å². The van der Waals surface area contributed by atoms with E-state index in [-0.39, 0.29) is 6.04 Å². The van der Waals surface area contributed by atoms with Gasteiger partial charge in [0.25, 0.3) is 0 Å². The lowest BCUT2D eigenvalue weighted by molar-refractivity contribution is 0.664. The van der Waals surface area contributed by atoms with E-state index in [2.05, 4.69) is 51.7 Å². The van der Waals surface area contributed by atoms with E-state index in [1.54, 1.807) is 0 Å². The van der Waals surface area contributed by atoms with E-state index < -0.39 is 0 Å². The van der Waals surface area contributed by atoms with Gasteiger partial charge in [-0.1, -0.05) is 40.2 Å². The molecule has 2 aromatic carbocycles. The first-order valence-corrected chi connectivity index (χ1v) is 7.77. The maximum atomic E-state index is 6.37. The van der Waals surface area contributed by atoms with Crippen LogP contribution in [0.2, 0.25) is 0 Å². The van der Waals surface area contributed by atoms with E-state index in [0.717, 1.165) is 33.3 Å². The van der Waals surface area contributed by atoms with Gasteiger partial charge in [0.2, 0.25) is 0 Å². The van der Waals surface area contributed by atoms with Crippen LogP contribution < -0.4 is 5.73 Å². The fraction of sp³-hybridized carbons (Fsp3) is 0.235. The zero-order valence-electron chi connectivity index (χ0n) is 12.2. The maximum Gasteiger partial charge on any atom is 0.111 e. The zero-order chi connectivity index (χ0) is 15.0. The van der Waals surface area contributed by atoms with Crippen molar-refractivity contribution in [3.63, 3.8) is 0 Å². The molecule has 0 fully saturated rings. The van der Waals surface area contributed by atoms with E-state index in [4.69, 9.17) is 10.7 Å². The van der Waals surface area contributed by atoms with Gasteiger partial charge in [0.15, 0.2) is 0 Å².